The van der Waals surface area contributed by atoms with Gasteiger partial charge in [-0.25, -0.2) is 0 Å². The molecule has 0 aromatic heterocycles. The second-order valence-corrected chi connectivity index (χ2v) is 10.1. The Hall–Kier alpha value is -2.24. The van der Waals surface area contributed by atoms with Crippen LogP contribution < -0.4 is 14.8 Å². The van der Waals surface area contributed by atoms with E-state index in [9.17, 15) is 9.90 Å². The molecule has 2 N–H and O–H groups in total. The predicted octanol–water partition coefficient (Wildman–Crippen LogP) is 5.90. The molecule has 34 heavy (non-hydrogen) atoms. The molecule has 2 aromatic carbocycles. The van der Waals surface area contributed by atoms with Crippen molar-refractivity contribution < 1.29 is 19.4 Å². The molecule has 2 unspecified atom stereocenters. The van der Waals surface area contributed by atoms with Crippen LogP contribution in [0.4, 0.5) is 0 Å². The van der Waals surface area contributed by atoms with Crippen molar-refractivity contribution in [3.8, 4) is 11.5 Å². The monoisotopic (exact) mass is 487 g/mol. The fourth-order valence-corrected chi connectivity index (χ4v) is 5.96. The molecule has 0 bridgehead atoms. The Morgan fingerprint density at radius 2 is 1.91 bits per heavy atom. The molecule has 5 nitrogen and oxygen atoms in total. The minimum atomic E-state index is -0.732. The van der Waals surface area contributed by atoms with E-state index in [1.807, 2.05) is 24.3 Å². The predicted molar refractivity (Wildman–Crippen MR) is 137 cm³/mol. The van der Waals surface area contributed by atoms with Gasteiger partial charge in [-0.05, 0) is 98.0 Å². The lowest BCUT2D eigenvalue weighted by atomic mass is 9.55. The number of aliphatic carboxylic acids is 1. The van der Waals surface area contributed by atoms with Gasteiger partial charge in [-0.2, -0.15) is 0 Å². The average Bonchev–Trinajstić information content (AvgIpc) is 2.81. The highest BCUT2D eigenvalue weighted by Gasteiger charge is 2.47. The van der Waals surface area contributed by atoms with Crippen molar-refractivity contribution in [2.24, 2.45) is 11.8 Å². The van der Waals surface area contributed by atoms with E-state index in [2.05, 4.69) is 31.3 Å². The van der Waals surface area contributed by atoms with Gasteiger partial charge in [0.25, 0.3) is 0 Å². The molecule has 0 heterocycles. The van der Waals surface area contributed by atoms with E-state index in [0.717, 1.165) is 61.7 Å². The molecule has 0 radical (unpaired) electrons. The van der Waals surface area contributed by atoms with Crippen molar-refractivity contribution in [2.45, 2.75) is 57.8 Å². The lowest BCUT2D eigenvalue weighted by Crippen LogP contribution is -2.46. The second-order valence-electron chi connectivity index (χ2n) is 9.63. The summed E-state index contributed by atoms with van der Waals surface area (Å²) in [7, 11) is 3.30. The Kier molecular flexibility index (Phi) is 9.26. The molecule has 0 aliphatic heterocycles. The van der Waals surface area contributed by atoms with Crippen LogP contribution in [0.15, 0.2) is 36.4 Å². The molecule has 0 fully saturated rings. The third kappa shape index (κ3) is 5.87. The van der Waals surface area contributed by atoms with Crippen LogP contribution in [-0.4, -0.2) is 38.4 Å². The first-order valence-corrected chi connectivity index (χ1v) is 12.6. The first-order chi connectivity index (χ1) is 16.3. The zero-order chi connectivity index (χ0) is 24.7. The van der Waals surface area contributed by atoms with Crippen LogP contribution in [0.25, 0.3) is 0 Å². The number of methoxy groups -OCH3 is 2. The molecule has 0 amide bonds. The number of carboxylic acid groups (broad SMARTS) is 1. The van der Waals surface area contributed by atoms with Crippen molar-refractivity contribution in [1.82, 2.24) is 5.32 Å². The average molecular weight is 488 g/mol. The van der Waals surface area contributed by atoms with Gasteiger partial charge in [-0.15, -0.1) is 0 Å². The van der Waals surface area contributed by atoms with E-state index in [1.54, 1.807) is 14.2 Å². The maximum Gasteiger partial charge on any atom is 0.304 e. The van der Waals surface area contributed by atoms with Crippen LogP contribution in [0, 0.1) is 11.8 Å². The third-order valence-corrected chi connectivity index (χ3v) is 7.71. The Morgan fingerprint density at radius 1 is 1.15 bits per heavy atom. The van der Waals surface area contributed by atoms with E-state index >= 15 is 0 Å². The van der Waals surface area contributed by atoms with E-state index in [0.29, 0.717) is 5.92 Å². The van der Waals surface area contributed by atoms with Gasteiger partial charge >= 0.3 is 5.97 Å². The number of carbonyl (C=O) groups is 1. The molecular weight excluding hydrogens is 450 g/mol. The van der Waals surface area contributed by atoms with E-state index < -0.39 is 5.97 Å². The number of ether oxygens (including phenoxy) is 2. The second kappa shape index (κ2) is 11.9. The van der Waals surface area contributed by atoms with Crippen LogP contribution in [0.1, 0.15) is 56.2 Å². The molecular formula is C28H38ClNO4. The quantitative estimate of drug-likeness (QED) is 0.365. The summed E-state index contributed by atoms with van der Waals surface area (Å²) >= 11 is 6.26. The molecule has 2 atom stereocenters. The summed E-state index contributed by atoms with van der Waals surface area (Å²) in [6, 6.07) is 12.1. The minimum absolute atomic E-state index is 0.156. The van der Waals surface area contributed by atoms with Crippen LogP contribution in [0.5, 0.6) is 11.5 Å². The number of hydrogen-bond donors (Lipinski definition) is 2. The summed E-state index contributed by atoms with van der Waals surface area (Å²) in [6.45, 7) is 6.13. The van der Waals surface area contributed by atoms with Crippen molar-refractivity contribution >= 4 is 17.6 Å². The number of fused-ring (bicyclic) bond motifs is 1. The molecule has 1 aliphatic carbocycles. The minimum Gasteiger partial charge on any atom is -0.493 e. The lowest BCUT2D eigenvalue weighted by molar-refractivity contribution is -0.140. The fourth-order valence-electron chi connectivity index (χ4n) is 5.76. The summed E-state index contributed by atoms with van der Waals surface area (Å²) in [5.74, 6) is 1.31. The van der Waals surface area contributed by atoms with Crippen molar-refractivity contribution in [1.29, 1.82) is 0 Å². The smallest absolute Gasteiger partial charge is 0.304 e. The molecule has 186 valence electrons. The topological polar surface area (TPSA) is 67.8 Å². The zero-order valence-corrected chi connectivity index (χ0v) is 21.6. The fraction of sp³-hybridized carbons (Fsp3) is 0.536. The van der Waals surface area contributed by atoms with E-state index in [-0.39, 0.29) is 17.8 Å². The first kappa shape index (κ1) is 26.4. The third-order valence-electron chi connectivity index (χ3n) is 7.47. The standard InChI is InChI=1S/C28H38ClNO4/c1-19(2)28(18-27(31)32)22(9-8-21-17-23(29)10-11-24(21)28)13-15-30-14-5-6-20-7-12-25(33-3)26(16-20)34-4/h7,10-12,16-17,19,22,30H,5-6,8-9,13-15,18H2,1-4H3,(H,31,32). The highest BCUT2D eigenvalue weighted by atomic mass is 35.5. The van der Waals surface area contributed by atoms with E-state index in [4.69, 9.17) is 21.1 Å². The maximum absolute atomic E-state index is 12.0. The number of aryl methyl sites for hydroxylation is 2. The normalized spacial score (nSPS) is 19.6. The van der Waals surface area contributed by atoms with Gasteiger partial charge in [0.1, 0.15) is 0 Å². The van der Waals surface area contributed by atoms with Gasteiger partial charge in [0, 0.05) is 10.4 Å². The summed E-state index contributed by atoms with van der Waals surface area (Å²) in [6.07, 6.45) is 5.04. The molecule has 0 spiro atoms. The van der Waals surface area contributed by atoms with Gasteiger partial charge < -0.3 is 19.9 Å². The summed E-state index contributed by atoms with van der Waals surface area (Å²) in [5, 5.41) is 14.2. The molecule has 3 rings (SSSR count). The Bertz CT molecular complexity index is 977. The highest BCUT2D eigenvalue weighted by Crippen LogP contribution is 2.50. The zero-order valence-electron chi connectivity index (χ0n) is 20.8. The molecule has 0 saturated heterocycles. The van der Waals surface area contributed by atoms with Gasteiger partial charge in [0.2, 0.25) is 0 Å². The summed E-state index contributed by atoms with van der Waals surface area (Å²) in [4.78, 5) is 12.0. The summed E-state index contributed by atoms with van der Waals surface area (Å²) in [5.41, 5.74) is 3.24. The van der Waals surface area contributed by atoms with E-state index in [1.165, 1.54) is 16.7 Å². The van der Waals surface area contributed by atoms with Gasteiger partial charge in [-0.1, -0.05) is 37.6 Å². The SMILES string of the molecule is COc1ccc(CCCNCCC2CCc3cc(Cl)ccc3C2(CC(=O)O)C(C)C)cc1OC. The van der Waals surface area contributed by atoms with Crippen molar-refractivity contribution in [3.63, 3.8) is 0 Å². The van der Waals surface area contributed by atoms with Crippen LogP contribution >= 0.6 is 11.6 Å². The number of carboxylic acids is 1. The number of nitrogens with one attached hydrogen (secondary N) is 1. The Balaban J connectivity index is 1.60. The molecule has 6 heteroatoms. The van der Waals surface area contributed by atoms with Gasteiger partial charge in [-0.3, -0.25) is 4.79 Å². The molecule has 2 aromatic rings. The first-order valence-electron chi connectivity index (χ1n) is 12.2. The van der Waals surface area contributed by atoms with Crippen molar-refractivity contribution in [2.75, 3.05) is 27.3 Å². The van der Waals surface area contributed by atoms with Gasteiger partial charge in [0.15, 0.2) is 11.5 Å². The Morgan fingerprint density at radius 3 is 2.59 bits per heavy atom. The summed E-state index contributed by atoms with van der Waals surface area (Å²) < 4.78 is 10.7. The lowest BCUT2D eigenvalue weighted by Gasteiger charge is -2.48. The maximum atomic E-state index is 12.0. The number of halogens is 1. The molecule has 1 aliphatic rings. The molecule has 0 saturated carbocycles. The van der Waals surface area contributed by atoms with Crippen LogP contribution in [0.2, 0.25) is 5.02 Å². The number of rotatable bonds is 12. The number of benzene rings is 2. The largest absolute Gasteiger partial charge is 0.493 e. The number of hydrogen-bond acceptors (Lipinski definition) is 4. The Labute approximate surface area is 208 Å². The van der Waals surface area contributed by atoms with Crippen LogP contribution in [-0.2, 0) is 23.1 Å². The van der Waals surface area contributed by atoms with Gasteiger partial charge in [0.05, 0.1) is 20.6 Å². The van der Waals surface area contributed by atoms with Crippen LogP contribution in [0.3, 0.4) is 0 Å². The van der Waals surface area contributed by atoms with Crippen molar-refractivity contribution in [3.05, 3.63) is 58.1 Å². The highest BCUT2D eigenvalue weighted by molar-refractivity contribution is 6.30.